The summed E-state index contributed by atoms with van der Waals surface area (Å²) in [6, 6.07) is 0.557. The molecular weight excluding hydrogens is 212 g/mol. The summed E-state index contributed by atoms with van der Waals surface area (Å²) in [5.74, 6) is 0.560. The Balaban J connectivity index is 2.15. The van der Waals surface area contributed by atoms with E-state index < -0.39 is 9.84 Å². The molecule has 1 aliphatic heterocycles. The molecule has 0 aromatic rings. The summed E-state index contributed by atoms with van der Waals surface area (Å²) in [6.07, 6.45) is 4.36. The monoisotopic (exact) mass is 232 g/mol. The Bertz CT molecular complexity index is 337. The molecule has 1 unspecified atom stereocenters. The summed E-state index contributed by atoms with van der Waals surface area (Å²) in [5.41, 5.74) is 5.53. The largest absolute Gasteiger partial charge is 0.329 e. The number of rotatable bonds is 3. The first-order valence-electron chi connectivity index (χ1n) is 5.63. The van der Waals surface area contributed by atoms with Crippen molar-refractivity contribution in [2.75, 3.05) is 25.1 Å². The molecule has 1 saturated carbocycles. The molecule has 4 nitrogen and oxygen atoms in total. The molecule has 1 atom stereocenters. The van der Waals surface area contributed by atoms with Crippen LogP contribution in [0.15, 0.2) is 0 Å². The highest BCUT2D eigenvalue weighted by molar-refractivity contribution is 7.91. The van der Waals surface area contributed by atoms with Crippen molar-refractivity contribution in [1.29, 1.82) is 0 Å². The van der Waals surface area contributed by atoms with E-state index in [4.69, 9.17) is 5.73 Å². The minimum absolute atomic E-state index is 0.253. The van der Waals surface area contributed by atoms with Crippen LogP contribution in [0.3, 0.4) is 0 Å². The van der Waals surface area contributed by atoms with Gasteiger partial charge in [0.05, 0.1) is 11.5 Å². The molecule has 1 saturated heterocycles. The van der Waals surface area contributed by atoms with Crippen LogP contribution in [0, 0.1) is 0 Å². The maximum Gasteiger partial charge on any atom is 0.152 e. The standard InChI is InChI=1S/C10H20N2O2S/c1-12(9-3-2-4-9)10(7-11)5-6-15(13,14)8-10/h9H,2-8,11H2,1H3. The van der Waals surface area contributed by atoms with Crippen molar-refractivity contribution >= 4 is 9.84 Å². The maximum absolute atomic E-state index is 11.6. The second-order valence-electron chi connectivity index (χ2n) is 4.97. The third kappa shape index (κ3) is 1.92. The molecule has 0 radical (unpaired) electrons. The Morgan fingerprint density at radius 3 is 2.47 bits per heavy atom. The van der Waals surface area contributed by atoms with Crippen LogP contribution in [0.4, 0.5) is 0 Å². The minimum Gasteiger partial charge on any atom is -0.329 e. The third-order valence-corrected chi connectivity index (χ3v) is 5.92. The number of hydrogen-bond acceptors (Lipinski definition) is 4. The van der Waals surface area contributed by atoms with Crippen LogP contribution in [0.5, 0.6) is 0 Å². The number of hydrogen-bond donors (Lipinski definition) is 1. The van der Waals surface area contributed by atoms with Crippen molar-refractivity contribution in [2.24, 2.45) is 5.73 Å². The van der Waals surface area contributed by atoms with Gasteiger partial charge in [0.2, 0.25) is 0 Å². The normalized spacial score (nSPS) is 35.7. The first-order chi connectivity index (χ1) is 6.99. The molecule has 15 heavy (non-hydrogen) atoms. The van der Waals surface area contributed by atoms with E-state index in [1.54, 1.807) is 0 Å². The van der Waals surface area contributed by atoms with Crippen LogP contribution in [-0.4, -0.2) is 50.0 Å². The molecule has 2 N–H and O–H groups in total. The van der Waals surface area contributed by atoms with Gasteiger partial charge in [0.15, 0.2) is 9.84 Å². The van der Waals surface area contributed by atoms with Crippen molar-refractivity contribution in [3.05, 3.63) is 0 Å². The molecule has 5 heteroatoms. The van der Waals surface area contributed by atoms with E-state index in [2.05, 4.69) is 4.90 Å². The summed E-state index contributed by atoms with van der Waals surface area (Å²) in [6.45, 7) is 0.458. The van der Waals surface area contributed by atoms with Crippen molar-refractivity contribution in [1.82, 2.24) is 4.90 Å². The third-order valence-electron chi connectivity index (χ3n) is 4.12. The molecule has 1 aliphatic carbocycles. The van der Waals surface area contributed by atoms with Gasteiger partial charge < -0.3 is 5.73 Å². The molecule has 2 fully saturated rings. The van der Waals surface area contributed by atoms with Crippen molar-refractivity contribution in [2.45, 2.75) is 37.3 Å². The van der Waals surface area contributed by atoms with Crippen LogP contribution < -0.4 is 5.73 Å². The van der Waals surface area contributed by atoms with E-state index in [0.29, 0.717) is 24.8 Å². The van der Waals surface area contributed by atoms with Gasteiger partial charge in [-0.25, -0.2) is 8.42 Å². The highest BCUT2D eigenvalue weighted by atomic mass is 32.2. The molecule has 0 bridgehead atoms. The minimum atomic E-state index is -2.85. The van der Waals surface area contributed by atoms with E-state index >= 15 is 0 Å². The summed E-state index contributed by atoms with van der Waals surface area (Å²) < 4.78 is 23.1. The quantitative estimate of drug-likeness (QED) is 0.743. The van der Waals surface area contributed by atoms with Gasteiger partial charge in [-0.3, -0.25) is 4.90 Å². The lowest BCUT2D eigenvalue weighted by molar-refractivity contribution is 0.0545. The average molecular weight is 232 g/mol. The van der Waals surface area contributed by atoms with E-state index in [0.717, 1.165) is 0 Å². The van der Waals surface area contributed by atoms with Crippen molar-refractivity contribution < 1.29 is 8.42 Å². The first kappa shape index (κ1) is 11.4. The Morgan fingerprint density at radius 2 is 2.13 bits per heavy atom. The Morgan fingerprint density at radius 1 is 1.47 bits per heavy atom. The maximum atomic E-state index is 11.6. The average Bonchev–Trinajstić information content (AvgIpc) is 2.40. The Hall–Kier alpha value is -0.130. The second kappa shape index (κ2) is 3.71. The summed E-state index contributed by atoms with van der Waals surface area (Å²) >= 11 is 0. The Labute approximate surface area is 91.7 Å². The van der Waals surface area contributed by atoms with Gasteiger partial charge in [-0.1, -0.05) is 6.42 Å². The predicted molar refractivity (Wildman–Crippen MR) is 60.5 cm³/mol. The number of sulfone groups is 1. The van der Waals surface area contributed by atoms with Gasteiger partial charge in [-0.05, 0) is 26.3 Å². The van der Waals surface area contributed by atoms with E-state index in [1.807, 2.05) is 7.05 Å². The van der Waals surface area contributed by atoms with Gasteiger partial charge in [0.1, 0.15) is 0 Å². The van der Waals surface area contributed by atoms with Crippen LogP contribution >= 0.6 is 0 Å². The lowest BCUT2D eigenvalue weighted by Gasteiger charge is -2.45. The van der Waals surface area contributed by atoms with E-state index in [1.165, 1.54) is 19.3 Å². The van der Waals surface area contributed by atoms with Crippen LogP contribution in [0.1, 0.15) is 25.7 Å². The van der Waals surface area contributed by atoms with Gasteiger partial charge in [0.25, 0.3) is 0 Å². The van der Waals surface area contributed by atoms with Gasteiger partial charge >= 0.3 is 0 Å². The number of nitrogens with zero attached hydrogens (tertiary/aromatic N) is 1. The van der Waals surface area contributed by atoms with Crippen LogP contribution in [0.2, 0.25) is 0 Å². The zero-order valence-corrected chi connectivity index (χ0v) is 10.1. The predicted octanol–water partition coefficient (Wildman–Crippen LogP) is -0.0133. The molecule has 2 rings (SSSR count). The topological polar surface area (TPSA) is 63.4 Å². The van der Waals surface area contributed by atoms with Crippen molar-refractivity contribution in [3.63, 3.8) is 0 Å². The molecule has 0 amide bonds. The molecule has 1 heterocycles. The Kier molecular flexibility index (Phi) is 2.81. The van der Waals surface area contributed by atoms with E-state index in [-0.39, 0.29) is 11.3 Å². The van der Waals surface area contributed by atoms with Gasteiger partial charge in [-0.2, -0.15) is 0 Å². The van der Waals surface area contributed by atoms with Crippen LogP contribution in [0.25, 0.3) is 0 Å². The zero-order chi connectivity index (χ0) is 11.1. The molecule has 2 aliphatic rings. The highest BCUT2D eigenvalue weighted by Gasteiger charge is 2.46. The van der Waals surface area contributed by atoms with Crippen molar-refractivity contribution in [3.8, 4) is 0 Å². The smallest absolute Gasteiger partial charge is 0.152 e. The number of likely N-dealkylation sites (N-methyl/N-ethyl adjacent to an activating group) is 1. The van der Waals surface area contributed by atoms with E-state index in [9.17, 15) is 8.42 Å². The lowest BCUT2D eigenvalue weighted by Crippen LogP contribution is -2.58. The molecule has 0 spiro atoms. The first-order valence-corrected chi connectivity index (χ1v) is 7.45. The summed E-state index contributed by atoms with van der Waals surface area (Å²) in [5, 5.41) is 0. The number of nitrogens with two attached hydrogens (primary N) is 1. The van der Waals surface area contributed by atoms with Gasteiger partial charge in [-0.15, -0.1) is 0 Å². The van der Waals surface area contributed by atoms with Gasteiger partial charge in [0, 0.05) is 18.1 Å². The lowest BCUT2D eigenvalue weighted by atomic mass is 9.86. The van der Waals surface area contributed by atoms with Crippen LogP contribution in [-0.2, 0) is 9.84 Å². The highest BCUT2D eigenvalue weighted by Crippen LogP contribution is 2.35. The molecular formula is C10H20N2O2S. The molecule has 0 aromatic carbocycles. The molecule has 0 aromatic heterocycles. The summed E-state index contributed by atoms with van der Waals surface area (Å²) in [4.78, 5) is 2.24. The molecule has 88 valence electrons. The second-order valence-corrected chi connectivity index (χ2v) is 7.15. The zero-order valence-electron chi connectivity index (χ0n) is 9.28. The summed E-state index contributed by atoms with van der Waals surface area (Å²) in [7, 11) is -0.811. The SMILES string of the molecule is CN(C1CCC1)C1(CN)CCS(=O)(=O)C1. The fourth-order valence-corrected chi connectivity index (χ4v) is 4.76. The fourth-order valence-electron chi connectivity index (χ4n) is 2.64. The fraction of sp³-hybridized carbons (Fsp3) is 1.00.